The van der Waals surface area contributed by atoms with Gasteiger partial charge < -0.3 is 15.1 Å². The van der Waals surface area contributed by atoms with Gasteiger partial charge in [0.25, 0.3) is 0 Å². The van der Waals surface area contributed by atoms with Gasteiger partial charge in [-0.1, -0.05) is 0 Å². The van der Waals surface area contributed by atoms with E-state index in [9.17, 15) is 9.59 Å². The van der Waals surface area contributed by atoms with Gasteiger partial charge in [-0.3, -0.25) is 9.59 Å². The summed E-state index contributed by atoms with van der Waals surface area (Å²) < 4.78 is 0. The summed E-state index contributed by atoms with van der Waals surface area (Å²) in [7, 11) is 2.08. The largest absolute Gasteiger partial charge is 0.353 e. The number of piperazine rings is 1. The average Bonchev–Trinajstić information content (AvgIpc) is 2.59. The zero-order valence-corrected chi connectivity index (χ0v) is 16.5. The fourth-order valence-corrected chi connectivity index (χ4v) is 6.61. The smallest absolute Gasteiger partial charge is 0.223 e. The predicted octanol–water partition coefficient (Wildman–Crippen LogP) is 2.26. The van der Waals surface area contributed by atoms with Crippen LogP contribution in [0.4, 0.5) is 0 Å². The molecule has 0 aromatic heterocycles. The molecular weight excluding hydrogens is 326 g/mol. The first-order valence-electron chi connectivity index (χ1n) is 10.7. The topological polar surface area (TPSA) is 52.7 Å². The lowest BCUT2D eigenvalue weighted by atomic mass is 9.48. The molecule has 1 heterocycles. The third kappa shape index (κ3) is 3.64. The van der Waals surface area contributed by atoms with Gasteiger partial charge in [-0.05, 0) is 75.7 Å². The molecule has 26 heavy (non-hydrogen) atoms. The monoisotopic (exact) mass is 361 g/mol. The molecule has 5 aliphatic rings. The molecule has 0 aromatic rings. The minimum Gasteiger partial charge on any atom is -0.353 e. The van der Waals surface area contributed by atoms with Crippen LogP contribution in [0.3, 0.4) is 0 Å². The van der Waals surface area contributed by atoms with E-state index >= 15 is 0 Å². The molecule has 4 aliphatic carbocycles. The van der Waals surface area contributed by atoms with Crippen molar-refractivity contribution in [1.82, 2.24) is 15.1 Å². The van der Waals surface area contributed by atoms with Gasteiger partial charge in [0.2, 0.25) is 11.8 Å². The zero-order chi connectivity index (χ0) is 18.3. The molecule has 0 aromatic carbocycles. The van der Waals surface area contributed by atoms with Crippen LogP contribution in [-0.2, 0) is 9.59 Å². The highest BCUT2D eigenvalue weighted by atomic mass is 16.2. The molecule has 5 rings (SSSR count). The van der Waals surface area contributed by atoms with Crippen molar-refractivity contribution in [2.45, 2.75) is 64.3 Å². The maximum atomic E-state index is 12.5. The number of hydrogen-bond acceptors (Lipinski definition) is 3. The van der Waals surface area contributed by atoms with Crippen molar-refractivity contribution in [3.63, 3.8) is 0 Å². The van der Waals surface area contributed by atoms with Crippen LogP contribution < -0.4 is 5.32 Å². The fraction of sp³-hybridized carbons (Fsp3) is 0.905. The average molecular weight is 362 g/mol. The number of rotatable bonds is 5. The Morgan fingerprint density at radius 1 is 0.962 bits per heavy atom. The lowest BCUT2D eigenvalue weighted by molar-refractivity contribution is -0.135. The third-order valence-corrected chi connectivity index (χ3v) is 7.80. The van der Waals surface area contributed by atoms with E-state index in [0.717, 1.165) is 43.9 Å². The van der Waals surface area contributed by atoms with E-state index in [2.05, 4.69) is 24.2 Å². The zero-order valence-electron chi connectivity index (χ0n) is 16.5. The van der Waals surface area contributed by atoms with Crippen molar-refractivity contribution >= 4 is 11.8 Å². The summed E-state index contributed by atoms with van der Waals surface area (Å²) >= 11 is 0. The van der Waals surface area contributed by atoms with Gasteiger partial charge in [-0.2, -0.15) is 0 Å². The molecule has 5 fully saturated rings. The summed E-state index contributed by atoms with van der Waals surface area (Å²) in [5.74, 6) is 2.91. The molecule has 1 unspecified atom stereocenters. The lowest BCUT2D eigenvalue weighted by Crippen LogP contribution is -2.55. The normalized spacial score (nSPS) is 37.6. The summed E-state index contributed by atoms with van der Waals surface area (Å²) in [5, 5.41) is 3.28. The van der Waals surface area contributed by atoms with E-state index in [-0.39, 0.29) is 17.9 Å². The van der Waals surface area contributed by atoms with Crippen molar-refractivity contribution in [1.29, 1.82) is 0 Å². The number of hydrogen-bond donors (Lipinski definition) is 1. The Morgan fingerprint density at radius 2 is 1.50 bits per heavy atom. The SMILES string of the molecule is CC(NC(=O)CCC(=O)N1CCN(C)CC1)C12CC3CC(CC(C3)C1)C2. The first kappa shape index (κ1) is 18.3. The van der Waals surface area contributed by atoms with Crippen LogP contribution in [0.2, 0.25) is 0 Å². The number of likely N-dealkylation sites (N-methyl/N-ethyl adjacent to an activating group) is 1. The van der Waals surface area contributed by atoms with Crippen molar-refractivity contribution in [2.24, 2.45) is 23.2 Å². The van der Waals surface area contributed by atoms with E-state index in [1.165, 1.54) is 38.5 Å². The van der Waals surface area contributed by atoms with E-state index in [4.69, 9.17) is 0 Å². The van der Waals surface area contributed by atoms with Crippen LogP contribution >= 0.6 is 0 Å². The van der Waals surface area contributed by atoms with Crippen molar-refractivity contribution in [2.75, 3.05) is 33.2 Å². The maximum Gasteiger partial charge on any atom is 0.223 e. The molecule has 0 spiro atoms. The first-order chi connectivity index (χ1) is 12.4. The van der Waals surface area contributed by atoms with Crippen LogP contribution in [0.5, 0.6) is 0 Å². The van der Waals surface area contributed by atoms with E-state index < -0.39 is 0 Å². The van der Waals surface area contributed by atoms with Crippen molar-refractivity contribution in [3.05, 3.63) is 0 Å². The van der Waals surface area contributed by atoms with Crippen molar-refractivity contribution in [3.8, 4) is 0 Å². The highest BCUT2D eigenvalue weighted by molar-refractivity contribution is 5.84. The molecule has 4 saturated carbocycles. The quantitative estimate of drug-likeness (QED) is 0.817. The predicted molar refractivity (Wildman–Crippen MR) is 102 cm³/mol. The minimum atomic E-state index is 0.0655. The molecule has 4 bridgehead atoms. The van der Waals surface area contributed by atoms with Gasteiger partial charge in [0, 0.05) is 45.1 Å². The van der Waals surface area contributed by atoms with E-state index in [1.54, 1.807) is 0 Å². The summed E-state index contributed by atoms with van der Waals surface area (Å²) in [6, 6.07) is 0.252. The van der Waals surface area contributed by atoms with Crippen molar-refractivity contribution < 1.29 is 9.59 Å². The fourth-order valence-electron chi connectivity index (χ4n) is 6.61. The Bertz CT molecular complexity index is 518. The van der Waals surface area contributed by atoms with E-state index in [1.807, 2.05) is 4.90 Å². The standard InChI is InChI=1S/C21H35N3O2/c1-15(21-12-16-9-17(13-21)11-18(10-16)14-21)22-19(25)3-4-20(26)24-7-5-23(2)6-8-24/h15-18H,3-14H2,1-2H3,(H,22,25). The number of amides is 2. The first-order valence-corrected chi connectivity index (χ1v) is 10.7. The van der Waals surface area contributed by atoms with Gasteiger partial charge in [-0.25, -0.2) is 0 Å². The van der Waals surface area contributed by atoms with Crippen LogP contribution in [0.1, 0.15) is 58.3 Å². The summed E-state index contributed by atoms with van der Waals surface area (Å²) in [6.45, 7) is 5.66. The van der Waals surface area contributed by atoms with Crippen LogP contribution in [0.25, 0.3) is 0 Å². The summed E-state index contributed by atoms with van der Waals surface area (Å²) in [6.07, 6.45) is 8.89. The Hall–Kier alpha value is -1.10. The maximum absolute atomic E-state index is 12.5. The van der Waals surface area contributed by atoms with Gasteiger partial charge >= 0.3 is 0 Å². The number of nitrogens with one attached hydrogen (secondary N) is 1. The summed E-state index contributed by atoms with van der Waals surface area (Å²) in [5.41, 5.74) is 0.339. The Kier molecular flexibility index (Phi) is 5.02. The Morgan fingerprint density at radius 3 is 2.04 bits per heavy atom. The molecule has 5 nitrogen and oxygen atoms in total. The summed E-state index contributed by atoms with van der Waals surface area (Å²) in [4.78, 5) is 29.0. The van der Waals surface area contributed by atoms with Gasteiger partial charge in [0.05, 0.1) is 0 Å². The molecular formula is C21H35N3O2. The molecule has 146 valence electrons. The molecule has 2 amide bonds. The van der Waals surface area contributed by atoms with Gasteiger partial charge in [0.1, 0.15) is 0 Å². The van der Waals surface area contributed by atoms with Crippen LogP contribution in [0.15, 0.2) is 0 Å². The van der Waals surface area contributed by atoms with Crippen LogP contribution in [-0.4, -0.2) is 60.9 Å². The molecule has 5 heteroatoms. The van der Waals surface area contributed by atoms with Gasteiger partial charge in [-0.15, -0.1) is 0 Å². The van der Waals surface area contributed by atoms with Gasteiger partial charge in [0.15, 0.2) is 0 Å². The molecule has 0 radical (unpaired) electrons. The molecule has 1 atom stereocenters. The number of carbonyl (C=O) groups excluding carboxylic acids is 2. The second kappa shape index (κ2) is 7.14. The molecule has 1 saturated heterocycles. The Balaban J connectivity index is 1.25. The van der Waals surface area contributed by atoms with E-state index in [0.29, 0.717) is 18.3 Å². The lowest BCUT2D eigenvalue weighted by Gasteiger charge is -2.59. The highest BCUT2D eigenvalue weighted by Crippen LogP contribution is 2.61. The third-order valence-electron chi connectivity index (χ3n) is 7.80. The number of nitrogens with zero attached hydrogens (tertiary/aromatic N) is 2. The highest BCUT2D eigenvalue weighted by Gasteiger charge is 2.53. The minimum absolute atomic E-state index is 0.0655. The number of carbonyl (C=O) groups is 2. The molecule has 1 N–H and O–H groups in total. The Labute approximate surface area is 157 Å². The van der Waals surface area contributed by atoms with Crippen LogP contribution in [0, 0.1) is 23.2 Å². The molecule has 1 aliphatic heterocycles. The second-order valence-corrected chi connectivity index (χ2v) is 9.75. The second-order valence-electron chi connectivity index (χ2n) is 9.75.